The number of halogens is 2. The van der Waals surface area contributed by atoms with E-state index in [0.29, 0.717) is 34.7 Å². The van der Waals surface area contributed by atoms with Gasteiger partial charge in [-0.3, -0.25) is 0 Å². The summed E-state index contributed by atoms with van der Waals surface area (Å²) < 4.78 is 5.50. The van der Waals surface area contributed by atoms with E-state index in [0.717, 1.165) is 49.4 Å². The molecule has 190 valence electrons. The third kappa shape index (κ3) is 6.24. The summed E-state index contributed by atoms with van der Waals surface area (Å²) in [7, 11) is 0. The molecule has 4 aromatic rings. The number of benzene rings is 3. The third-order valence-corrected chi connectivity index (χ3v) is 7.05. The van der Waals surface area contributed by atoms with Crippen molar-refractivity contribution in [3.63, 3.8) is 0 Å². The number of carbonyl (C=O) groups excluding carboxylic acids is 1. The fraction of sp³-hybridized carbons (Fsp3) is 0.250. The molecule has 2 heterocycles. The zero-order valence-electron chi connectivity index (χ0n) is 20.2. The number of aryl methyl sites for hydroxylation is 2. The average molecular weight is 536 g/mol. The molecule has 7 nitrogen and oxygen atoms in total. The van der Waals surface area contributed by atoms with Gasteiger partial charge in [0.2, 0.25) is 0 Å². The van der Waals surface area contributed by atoms with Crippen LogP contribution >= 0.6 is 23.2 Å². The number of aromatic nitrogens is 2. The number of urea groups is 1. The Morgan fingerprint density at radius 3 is 2.27 bits per heavy atom. The zero-order valence-corrected chi connectivity index (χ0v) is 21.8. The molecule has 0 saturated carbocycles. The van der Waals surface area contributed by atoms with Gasteiger partial charge < -0.3 is 19.6 Å². The fourth-order valence-electron chi connectivity index (χ4n) is 4.35. The zero-order chi connectivity index (χ0) is 25.6. The van der Waals surface area contributed by atoms with Crippen LogP contribution in [0.25, 0.3) is 11.5 Å². The van der Waals surface area contributed by atoms with E-state index >= 15 is 0 Å². The molecule has 9 heteroatoms. The van der Waals surface area contributed by atoms with Crippen molar-refractivity contribution < 1.29 is 9.32 Å². The number of anilines is 2. The first-order chi connectivity index (χ1) is 18.1. The molecule has 1 aliphatic heterocycles. The second kappa shape index (κ2) is 11.7. The highest BCUT2D eigenvalue weighted by Crippen LogP contribution is 2.30. The molecule has 1 fully saturated rings. The van der Waals surface area contributed by atoms with Gasteiger partial charge in [-0.15, -0.1) is 0 Å². The maximum atomic E-state index is 12.7. The summed E-state index contributed by atoms with van der Waals surface area (Å²) in [6, 6.07) is 23.4. The van der Waals surface area contributed by atoms with Crippen LogP contribution in [0.5, 0.6) is 0 Å². The lowest BCUT2D eigenvalue weighted by atomic mass is 10.1. The predicted molar refractivity (Wildman–Crippen MR) is 147 cm³/mol. The highest BCUT2D eigenvalue weighted by atomic mass is 35.5. The van der Waals surface area contributed by atoms with Gasteiger partial charge in [0.15, 0.2) is 5.82 Å². The van der Waals surface area contributed by atoms with Crippen molar-refractivity contribution >= 4 is 40.6 Å². The Morgan fingerprint density at radius 2 is 1.57 bits per heavy atom. The van der Waals surface area contributed by atoms with E-state index in [-0.39, 0.29) is 6.03 Å². The van der Waals surface area contributed by atoms with E-state index < -0.39 is 0 Å². The van der Waals surface area contributed by atoms with E-state index in [1.54, 1.807) is 23.1 Å². The van der Waals surface area contributed by atoms with Crippen molar-refractivity contribution in [3.05, 3.63) is 94.2 Å². The van der Waals surface area contributed by atoms with Gasteiger partial charge in [-0.1, -0.05) is 64.8 Å². The van der Waals surface area contributed by atoms with E-state index in [1.165, 1.54) is 5.56 Å². The first-order valence-electron chi connectivity index (χ1n) is 12.3. The van der Waals surface area contributed by atoms with Gasteiger partial charge in [-0.25, -0.2) is 4.79 Å². The highest BCUT2D eigenvalue weighted by molar-refractivity contribution is 6.39. The first-order valence-corrected chi connectivity index (χ1v) is 13.0. The maximum Gasteiger partial charge on any atom is 0.322 e. The lowest BCUT2D eigenvalue weighted by molar-refractivity contribution is 0.208. The minimum Gasteiger partial charge on any atom is -0.368 e. The van der Waals surface area contributed by atoms with Crippen LogP contribution in [0.4, 0.5) is 16.2 Å². The minimum absolute atomic E-state index is 0.207. The minimum atomic E-state index is -0.207. The number of nitrogens with one attached hydrogen (secondary N) is 1. The molecule has 2 amide bonds. The number of hydrogen-bond donors (Lipinski definition) is 1. The molecule has 3 aromatic carbocycles. The van der Waals surface area contributed by atoms with E-state index in [9.17, 15) is 4.79 Å². The Morgan fingerprint density at radius 1 is 0.865 bits per heavy atom. The molecule has 0 aliphatic carbocycles. The summed E-state index contributed by atoms with van der Waals surface area (Å²) in [6.45, 7) is 2.61. The molecule has 1 aromatic heterocycles. The van der Waals surface area contributed by atoms with Crippen LogP contribution in [0.1, 0.15) is 17.8 Å². The molecule has 1 saturated heterocycles. The molecule has 0 unspecified atom stereocenters. The van der Waals surface area contributed by atoms with Crippen LogP contribution in [0.3, 0.4) is 0 Å². The Labute approximate surface area is 226 Å². The normalized spacial score (nSPS) is 13.6. The Hall–Kier alpha value is -3.55. The quantitative estimate of drug-likeness (QED) is 0.289. The van der Waals surface area contributed by atoms with Crippen molar-refractivity contribution in [2.45, 2.75) is 19.3 Å². The first kappa shape index (κ1) is 25.1. The van der Waals surface area contributed by atoms with Gasteiger partial charge in [-0.05, 0) is 54.8 Å². The number of rotatable bonds is 7. The highest BCUT2D eigenvalue weighted by Gasteiger charge is 2.23. The van der Waals surface area contributed by atoms with Crippen LogP contribution in [0.2, 0.25) is 10.0 Å². The molecule has 0 spiro atoms. The Bertz CT molecular complexity index is 1320. The number of piperazine rings is 1. The molecule has 0 bridgehead atoms. The SMILES string of the molecule is O=C(Nc1c(Cl)cccc1Cl)N1CCN(c2ccc(-c3nc(CCCc4ccccc4)no3)cc2)CC1. The number of hydrogen-bond acceptors (Lipinski definition) is 5. The van der Waals surface area contributed by atoms with E-state index in [1.807, 2.05) is 30.3 Å². The molecular formula is C28H27Cl2N5O2. The predicted octanol–water partition coefficient (Wildman–Crippen LogP) is 6.57. The summed E-state index contributed by atoms with van der Waals surface area (Å²) in [5.74, 6) is 1.25. The van der Waals surface area contributed by atoms with Crippen molar-refractivity contribution in [2.75, 3.05) is 36.4 Å². The Kier molecular flexibility index (Phi) is 7.92. The topological polar surface area (TPSA) is 74.5 Å². The molecule has 5 rings (SSSR count). The van der Waals surface area contributed by atoms with Crippen LogP contribution in [0, 0.1) is 0 Å². The summed E-state index contributed by atoms with van der Waals surface area (Å²) in [4.78, 5) is 21.3. The number of para-hydroxylation sites is 1. The second-order valence-electron chi connectivity index (χ2n) is 8.90. The third-order valence-electron chi connectivity index (χ3n) is 6.42. The summed E-state index contributed by atoms with van der Waals surface area (Å²) in [5.41, 5.74) is 3.73. The molecule has 37 heavy (non-hydrogen) atoms. The molecular weight excluding hydrogens is 509 g/mol. The van der Waals surface area contributed by atoms with Crippen molar-refractivity contribution in [1.29, 1.82) is 0 Å². The van der Waals surface area contributed by atoms with Crippen LogP contribution in [-0.4, -0.2) is 47.3 Å². The number of nitrogens with zero attached hydrogens (tertiary/aromatic N) is 4. The lowest BCUT2D eigenvalue weighted by Crippen LogP contribution is -2.50. The monoisotopic (exact) mass is 535 g/mol. The van der Waals surface area contributed by atoms with Crippen molar-refractivity contribution in [2.24, 2.45) is 0 Å². The number of carbonyl (C=O) groups is 1. The molecule has 1 N–H and O–H groups in total. The average Bonchev–Trinajstić information content (AvgIpc) is 3.40. The number of amides is 2. The smallest absolute Gasteiger partial charge is 0.322 e. The molecule has 0 atom stereocenters. The van der Waals surface area contributed by atoms with Crippen LogP contribution in [-0.2, 0) is 12.8 Å². The van der Waals surface area contributed by atoms with Gasteiger partial charge in [0, 0.05) is 43.9 Å². The molecule has 0 radical (unpaired) electrons. The largest absolute Gasteiger partial charge is 0.368 e. The van der Waals surface area contributed by atoms with E-state index in [2.05, 4.69) is 44.6 Å². The van der Waals surface area contributed by atoms with Gasteiger partial charge in [0.1, 0.15) is 0 Å². The Balaban J connectivity index is 1.12. The lowest BCUT2D eigenvalue weighted by Gasteiger charge is -2.36. The van der Waals surface area contributed by atoms with Gasteiger partial charge in [0.05, 0.1) is 15.7 Å². The van der Waals surface area contributed by atoms with Gasteiger partial charge in [0.25, 0.3) is 5.89 Å². The van der Waals surface area contributed by atoms with Crippen LogP contribution in [0.15, 0.2) is 77.3 Å². The molecule has 1 aliphatic rings. The summed E-state index contributed by atoms with van der Waals surface area (Å²) >= 11 is 12.4. The standard InChI is InChI=1S/C28H27Cl2N5O2/c29-23-9-5-10-24(30)26(23)32-28(36)35-18-16-34(17-19-35)22-14-12-21(13-15-22)27-31-25(33-37-27)11-4-8-20-6-2-1-3-7-20/h1-3,5-7,9-10,12-15H,4,8,11,16-19H2,(H,32,36). The van der Waals surface area contributed by atoms with Crippen molar-refractivity contribution in [3.8, 4) is 11.5 Å². The second-order valence-corrected chi connectivity index (χ2v) is 9.72. The fourth-order valence-corrected chi connectivity index (χ4v) is 4.85. The summed E-state index contributed by atoms with van der Waals surface area (Å²) in [5, 5.41) is 7.81. The summed E-state index contributed by atoms with van der Waals surface area (Å²) in [6.07, 6.45) is 2.73. The maximum absolute atomic E-state index is 12.7. The van der Waals surface area contributed by atoms with Gasteiger partial charge in [-0.2, -0.15) is 4.98 Å². The van der Waals surface area contributed by atoms with Gasteiger partial charge >= 0.3 is 6.03 Å². The van der Waals surface area contributed by atoms with E-state index in [4.69, 9.17) is 27.7 Å². The van der Waals surface area contributed by atoms with Crippen LogP contribution < -0.4 is 10.2 Å². The van der Waals surface area contributed by atoms with Crippen molar-refractivity contribution in [1.82, 2.24) is 15.0 Å².